The van der Waals surface area contributed by atoms with Crippen LogP contribution in [0.5, 0.6) is 0 Å². The molecule has 4 nitrogen and oxygen atoms in total. The minimum Gasteiger partial charge on any atom is -0.301 e. The summed E-state index contributed by atoms with van der Waals surface area (Å²) in [5.74, 6) is 0. The Morgan fingerprint density at radius 1 is 1.09 bits per heavy atom. The molecule has 0 fully saturated rings. The predicted molar refractivity (Wildman–Crippen MR) is 92.6 cm³/mol. The summed E-state index contributed by atoms with van der Waals surface area (Å²) in [5, 5.41) is 2.89. The Morgan fingerprint density at radius 2 is 1.91 bits per heavy atom. The average Bonchev–Trinajstić information content (AvgIpc) is 3.21. The standard InChI is InChI=1S/C17H10ClN3OS/c18-17-19-15(12-7-9-23-14(12)10-22)13-6-8-21(16(13)20-17)11-4-2-1-3-5-11/h1-10H. The number of rotatable bonds is 3. The fourth-order valence-electron chi connectivity index (χ4n) is 2.60. The minimum atomic E-state index is 0.159. The average molecular weight is 340 g/mol. The molecular formula is C17H10ClN3OS. The van der Waals surface area contributed by atoms with E-state index in [1.165, 1.54) is 11.3 Å². The Hall–Kier alpha value is -2.50. The normalized spacial score (nSPS) is 11.0. The molecule has 0 spiro atoms. The number of carbonyl (C=O) groups excluding carboxylic acids is 1. The summed E-state index contributed by atoms with van der Waals surface area (Å²) >= 11 is 7.52. The fraction of sp³-hybridized carbons (Fsp3) is 0. The van der Waals surface area contributed by atoms with Crippen molar-refractivity contribution in [2.75, 3.05) is 0 Å². The smallest absolute Gasteiger partial charge is 0.224 e. The van der Waals surface area contributed by atoms with E-state index in [-0.39, 0.29) is 5.28 Å². The van der Waals surface area contributed by atoms with Gasteiger partial charge in [0.1, 0.15) is 5.65 Å². The molecule has 0 amide bonds. The van der Waals surface area contributed by atoms with Crippen molar-refractivity contribution in [2.45, 2.75) is 0 Å². The Bertz CT molecular complexity index is 1010. The van der Waals surface area contributed by atoms with E-state index < -0.39 is 0 Å². The van der Waals surface area contributed by atoms with Crippen molar-refractivity contribution >= 4 is 40.3 Å². The lowest BCUT2D eigenvalue weighted by atomic mass is 10.1. The van der Waals surface area contributed by atoms with Crippen LogP contribution in [-0.4, -0.2) is 20.8 Å². The van der Waals surface area contributed by atoms with Gasteiger partial charge in [0, 0.05) is 22.8 Å². The Kier molecular flexibility index (Phi) is 3.44. The van der Waals surface area contributed by atoms with E-state index in [2.05, 4.69) is 9.97 Å². The summed E-state index contributed by atoms with van der Waals surface area (Å²) in [6.45, 7) is 0. The van der Waals surface area contributed by atoms with Gasteiger partial charge >= 0.3 is 0 Å². The van der Waals surface area contributed by atoms with E-state index >= 15 is 0 Å². The molecule has 0 N–H and O–H groups in total. The van der Waals surface area contributed by atoms with Crippen LogP contribution >= 0.6 is 22.9 Å². The van der Waals surface area contributed by atoms with Crippen LogP contribution < -0.4 is 0 Å². The number of benzene rings is 1. The Labute approximate surface area is 141 Å². The highest BCUT2D eigenvalue weighted by atomic mass is 35.5. The van der Waals surface area contributed by atoms with Gasteiger partial charge in [-0.15, -0.1) is 11.3 Å². The van der Waals surface area contributed by atoms with Gasteiger partial charge in [-0.3, -0.25) is 4.79 Å². The highest BCUT2D eigenvalue weighted by molar-refractivity contribution is 7.12. The molecule has 0 saturated heterocycles. The molecule has 3 aromatic heterocycles. The van der Waals surface area contributed by atoms with E-state index in [9.17, 15) is 4.79 Å². The molecule has 0 radical (unpaired) electrons. The van der Waals surface area contributed by atoms with Gasteiger partial charge in [-0.25, -0.2) is 4.98 Å². The van der Waals surface area contributed by atoms with Crippen LogP contribution in [0.2, 0.25) is 5.28 Å². The summed E-state index contributed by atoms with van der Waals surface area (Å²) in [6.07, 6.45) is 2.78. The zero-order valence-corrected chi connectivity index (χ0v) is 13.4. The monoisotopic (exact) mass is 339 g/mol. The highest BCUT2D eigenvalue weighted by Crippen LogP contribution is 2.33. The molecular weight excluding hydrogens is 330 g/mol. The molecule has 4 aromatic rings. The molecule has 3 heterocycles. The van der Waals surface area contributed by atoms with Gasteiger partial charge in [0.05, 0.1) is 10.6 Å². The zero-order chi connectivity index (χ0) is 15.8. The van der Waals surface area contributed by atoms with E-state index in [1.807, 2.05) is 58.6 Å². The van der Waals surface area contributed by atoms with Gasteiger partial charge in [0.25, 0.3) is 0 Å². The molecule has 4 rings (SSSR count). The zero-order valence-electron chi connectivity index (χ0n) is 11.8. The second-order valence-electron chi connectivity index (χ2n) is 4.92. The Balaban J connectivity index is 2.01. The summed E-state index contributed by atoms with van der Waals surface area (Å²) in [7, 11) is 0. The summed E-state index contributed by atoms with van der Waals surface area (Å²) in [6, 6.07) is 13.7. The van der Waals surface area contributed by atoms with Crippen LogP contribution in [0, 0.1) is 0 Å². The molecule has 0 aliphatic heterocycles. The van der Waals surface area contributed by atoms with Crippen molar-refractivity contribution in [1.82, 2.24) is 14.5 Å². The molecule has 0 aliphatic carbocycles. The third-order valence-corrected chi connectivity index (χ3v) is 4.62. The quantitative estimate of drug-likeness (QED) is 0.404. The first kappa shape index (κ1) is 14.1. The van der Waals surface area contributed by atoms with Crippen molar-refractivity contribution in [2.24, 2.45) is 0 Å². The SMILES string of the molecule is O=Cc1sccc1-c1nc(Cl)nc2c1ccn2-c1ccccc1. The van der Waals surface area contributed by atoms with Crippen LogP contribution in [0.25, 0.3) is 28.0 Å². The molecule has 112 valence electrons. The van der Waals surface area contributed by atoms with Gasteiger partial charge in [0.2, 0.25) is 5.28 Å². The maximum atomic E-state index is 11.2. The second kappa shape index (κ2) is 5.61. The molecule has 6 heteroatoms. The van der Waals surface area contributed by atoms with Crippen molar-refractivity contribution in [1.29, 1.82) is 0 Å². The number of para-hydroxylation sites is 1. The summed E-state index contributed by atoms with van der Waals surface area (Å²) < 4.78 is 1.96. The minimum absolute atomic E-state index is 0.159. The van der Waals surface area contributed by atoms with Crippen LogP contribution in [-0.2, 0) is 0 Å². The maximum Gasteiger partial charge on any atom is 0.224 e. The topological polar surface area (TPSA) is 47.8 Å². The molecule has 0 aliphatic rings. The number of fused-ring (bicyclic) bond motifs is 1. The van der Waals surface area contributed by atoms with Gasteiger partial charge in [-0.1, -0.05) is 18.2 Å². The van der Waals surface area contributed by atoms with Gasteiger partial charge in [0.15, 0.2) is 6.29 Å². The Morgan fingerprint density at radius 3 is 2.70 bits per heavy atom. The first-order valence-electron chi connectivity index (χ1n) is 6.91. The maximum absolute atomic E-state index is 11.2. The molecule has 0 unspecified atom stereocenters. The molecule has 1 aromatic carbocycles. The van der Waals surface area contributed by atoms with Crippen molar-refractivity contribution in [3.8, 4) is 16.9 Å². The van der Waals surface area contributed by atoms with E-state index in [4.69, 9.17) is 11.6 Å². The number of aromatic nitrogens is 3. The van der Waals surface area contributed by atoms with Crippen LogP contribution in [0.15, 0.2) is 54.0 Å². The first-order chi connectivity index (χ1) is 11.3. The molecule has 0 saturated carbocycles. The number of carbonyl (C=O) groups is 1. The van der Waals surface area contributed by atoms with E-state index in [0.29, 0.717) is 16.2 Å². The van der Waals surface area contributed by atoms with Gasteiger partial charge < -0.3 is 4.57 Å². The lowest BCUT2D eigenvalue weighted by molar-refractivity contribution is 0.112. The van der Waals surface area contributed by atoms with Crippen molar-refractivity contribution in [3.05, 3.63) is 64.2 Å². The lowest BCUT2D eigenvalue weighted by Crippen LogP contribution is -1.96. The number of aldehydes is 1. The summed E-state index contributed by atoms with van der Waals surface area (Å²) in [4.78, 5) is 20.6. The first-order valence-corrected chi connectivity index (χ1v) is 8.17. The van der Waals surface area contributed by atoms with Gasteiger partial charge in [-0.05, 0) is 41.2 Å². The number of hydrogen-bond acceptors (Lipinski definition) is 4. The third-order valence-electron chi connectivity index (χ3n) is 3.61. The lowest BCUT2D eigenvalue weighted by Gasteiger charge is -2.06. The van der Waals surface area contributed by atoms with E-state index in [0.717, 1.165) is 22.9 Å². The van der Waals surface area contributed by atoms with Crippen molar-refractivity contribution < 1.29 is 4.79 Å². The number of halogens is 1. The number of hydrogen-bond donors (Lipinski definition) is 0. The fourth-order valence-corrected chi connectivity index (χ4v) is 3.46. The summed E-state index contributed by atoms with van der Waals surface area (Å²) in [5.41, 5.74) is 3.17. The predicted octanol–water partition coefficient (Wildman–Crippen LogP) is 4.61. The molecule has 0 atom stereocenters. The van der Waals surface area contributed by atoms with E-state index in [1.54, 1.807) is 0 Å². The van der Waals surface area contributed by atoms with Crippen molar-refractivity contribution in [3.63, 3.8) is 0 Å². The van der Waals surface area contributed by atoms with Crippen LogP contribution in [0.4, 0.5) is 0 Å². The highest BCUT2D eigenvalue weighted by Gasteiger charge is 2.16. The number of thiophene rings is 1. The third kappa shape index (κ3) is 2.34. The van der Waals surface area contributed by atoms with Crippen LogP contribution in [0.3, 0.4) is 0 Å². The number of nitrogens with zero attached hydrogens (tertiary/aromatic N) is 3. The van der Waals surface area contributed by atoms with Crippen LogP contribution in [0.1, 0.15) is 9.67 Å². The van der Waals surface area contributed by atoms with Gasteiger partial charge in [-0.2, -0.15) is 4.98 Å². The largest absolute Gasteiger partial charge is 0.301 e. The molecule has 23 heavy (non-hydrogen) atoms. The molecule has 0 bridgehead atoms. The second-order valence-corrected chi connectivity index (χ2v) is 6.20.